The number of hydrogen-bond donors (Lipinski definition) is 1. The van der Waals surface area contributed by atoms with E-state index in [4.69, 9.17) is 0 Å². The summed E-state index contributed by atoms with van der Waals surface area (Å²) in [5.74, 6) is 0. The monoisotopic (exact) mass is 372 g/mol. The number of pyridine rings is 1. The molecule has 3 rings (SSSR count). The lowest BCUT2D eigenvalue weighted by atomic mass is 10.3. The highest BCUT2D eigenvalue weighted by atomic mass is 16.2. The van der Waals surface area contributed by atoms with E-state index >= 15 is 0 Å². The molecule has 0 saturated carbocycles. The van der Waals surface area contributed by atoms with Gasteiger partial charge in [-0.1, -0.05) is 19.9 Å². The van der Waals surface area contributed by atoms with Crippen LogP contribution in [-0.2, 0) is 6.54 Å². The van der Waals surface area contributed by atoms with Crippen LogP contribution in [0.1, 0.15) is 25.2 Å². The first-order valence-electron chi connectivity index (χ1n) is 10.0. The Balaban J connectivity index is 1.65. The Bertz CT molecular complexity index is 742. The van der Waals surface area contributed by atoms with E-state index in [1.165, 1.54) is 0 Å². The van der Waals surface area contributed by atoms with E-state index in [0.29, 0.717) is 6.54 Å². The standard InChI is InChI=1S/C20H32N6O/c1-4-23-10-11-24(5-2)13-15-25(14-12-23)20(27)21-16-18-17(3)22-19-8-6-7-9-26(18)19/h6-9H,4-5,10-16H2,1-3H3,(H,21,27). The molecule has 148 valence electrons. The first-order valence-corrected chi connectivity index (χ1v) is 10.0. The number of urea groups is 1. The van der Waals surface area contributed by atoms with Gasteiger partial charge in [0.05, 0.1) is 17.9 Å². The Morgan fingerprint density at radius 3 is 2.30 bits per heavy atom. The molecule has 2 aromatic heterocycles. The van der Waals surface area contributed by atoms with Gasteiger partial charge in [-0.3, -0.25) is 0 Å². The third kappa shape index (κ3) is 4.78. The second-order valence-corrected chi connectivity index (χ2v) is 7.09. The van der Waals surface area contributed by atoms with Crippen molar-refractivity contribution < 1.29 is 4.79 Å². The van der Waals surface area contributed by atoms with E-state index in [9.17, 15) is 4.79 Å². The highest BCUT2D eigenvalue weighted by molar-refractivity contribution is 5.74. The lowest BCUT2D eigenvalue weighted by Crippen LogP contribution is -2.45. The van der Waals surface area contributed by atoms with E-state index in [0.717, 1.165) is 69.4 Å². The zero-order valence-corrected chi connectivity index (χ0v) is 16.8. The van der Waals surface area contributed by atoms with Gasteiger partial charge in [-0.05, 0) is 32.1 Å². The molecule has 2 amide bonds. The molecule has 7 heteroatoms. The third-order valence-electron chi connectivity index (χ3n) is 5.52. The van der Waals surface area contributed by atoms with Gasteiger partial charge >= 0.3 is 6.03 Å². The number of carbonyl (C=O) groups is 1. The Morgan fingerprint density at radius 2 is 1.67 bits per heavy atom. The normalized spacial score (nSPS) is 17.5. The van der Waals surface area contributed by atoms with E-state index < -0.39 is 0 Å². The molecule has 1 N–H and O–H groups in total. The Labute approximate surface area is 161 Å². The maximum absolute atomic E-state index is 12.9. The topological polar surface area (TPSA) is 56.1 Å². The van der Waals surface area contributed by atoms with Crippen molar-refractivity contribution in [1.82, 2.24) is 29.4 Å². The number of rotatable bonds is 4. The number of nitrogens with one attached hydrogen (secondary N) is 1. The lowest BCUT2D eigenvalue weighted by molar-refractivity contribution is 0.186. The summed E-state index contributed by atoms with van der Waals surface area (Å²) in [5, 5.41) is 3.11. The first kappa shape index (κ1) is 19.6. The summed E-state index contributed by atoms with van der Waals surface area (Å²) in [7, 11) is 0. The summed E-state index contributed by atoms with van der Waals surface area (Å²) in [6, 6.07) is 5.96. The molecule has 3 heterocycles. The van der Waals surface area contributed by atoms with Crippen molar-refractivity contribution in [1.29, 1.82) is 0 Å². The van der Waals surface area contributed by atoms with Crippen molar-refractivity contribution in [2.75, 3.05) is 52.4 Å². The molecule has 1 aliphatic rings. The highest BCUT2D eigenvalue weighted by Crippen LogP contribution is 2.11. The molecule has 7 nitrogen and oxygen atoms in total. The first-order chi connectivity index (χ1) is 13.1. The van der Waals surface area contributed by atoms with Gasteiger partial charge in [0.25, 0.3) is 0 Å². The predicted octanol–water partition coefficient (Wildman–Crippen LogP) is 1.81. The molecule has 0 aromatic carbocycles. The van der Waals surface area contributed by atoms with Gasteiger partial charge in [-0.15, -0.1) is 0 Å². The number of aryl methyl sites for hydroxylation is 1. The van der Waals surface area contributed by atoms with Gasteiger partial charge in [-0.2, -0.15) is 0 Å². The molecule has 0 bridgehead atoms. The van der Waals surface area contributed by atoms with Gasteiger partial charge in [-0.25, -0.2) is 9.78 Å². The molecule has 1 aliphatic heterocycles. The van der Waals surface area contributed by atoms with E-state index in [1.807, 2.05) is 40.6 Å². The van der Waals surface area contributed by atoms with Crippen LogP contribution in [-0.4, -0.2) is 82.5 Å². The number of hydrogen-bond acceptors (Lipinski definition) is 4. The summed E-state index contributed by atoms with van der Waals surface area (Å²) >= 11 is 0. The highest BCUT2D eigenvalue weighted by Gasteiger charge is 2.19. The minimum atomic E-state index is 0.00860. The smallest absolute Gasteiger partial charge is 0.317 e. The van der Waals surface area contributed by atoms with Crippen LogP contribution in [0.4, 0.5) is 4.79 Å². The van der Waals surface area contributed by atoms with Crippen LogP contribution in [0.15, 0.2) is 24.4 Å². The molecule has 0 unspecified atom stereocenters. The fraction of sp³-hybridized carbons (Fsp3) is 0.600. The zero-order chi connectivity index (χ0) is 19.2. The average molecular weight is 373 g/mol. The molecule has 0 aliphatic carbocycles. The van der Waals surface area contributed by atoms with Gasteiger partial charge in [0.2, 0.25) is 0 Å². The fourth-order valence-corrected chi connectivity index (χ4v) is 3.63. The molecule has 0 atom stereocenters. The summed E-state index contributed by atoms with van der Waals surface area (Å²) in [6.45, 7) is 14.4. The van der Waals surface area contributed by atoms with Crippen molar-refractivity contribution in [3.63, 3.8) is 0 Å². The SMILES string of the molecule is CCN1CCN(CC)CCN(C(=O)NCc2c(C)nc3ccccn23)CC1. The van der Waals surface area contributed by atoms with Crippen LogP contribution in [0, 0.1) is 6.92 Å². The summed E-state index contributed by atoms with van der Waals surface area (Å²) < 4.78 is 2.05. The Kier molecular flexibility index (Phi) is 6.68. The molecule has 1 saturated heterocycles. The van der Waals surface area contributed by atoms with Crippen LogP contribution < -0.4 is 5.32 Å². The number of nitrogens with zero attached hydrogens (tertiary/aromatic N) is 5. The van der Waals surface area contributed by atoms with E-state index in [-0.39, 0.29) is 6.03 Å². The number of carbonyl (C=O) groups excluding carboxylic acids is 1. The van der Waals surface area contributed by atoms with E-state index in [2.05, 4.69) is 33.9 Å². The Hall–Kier alpha value is -2.12. The lowest BCUT2D eigenvalue weighted by Gasteiger charge is -2.25. The van der Waals surface area contributed by atoms with Crippen LogP contribution in [0.3, 0.4) is 0 Å². The molecule has 0 spiro atoms. The summed E-state index contributed by atoms with van der Waals surface area (Å²) in [4.78, 5) is 24.2. The largest absolute Gasteiger partial charge is 0.332 e. The van der Waals surface area contributed by atoms with Crippen LogP contribution >= 0.6 is 0 Å². The van der Waals surface area contributed by atoms with Gasteiger partial charge in [0, 0.05) is 45.5 Å². The molecule has 27 heavy (non-hydrogen) atoms. The van der Waals surface area contributed by atoms with Crippen LogP contribution in [0.2, 0.25) is 0 Å². The quantitative estimate of drug-likeness (QED) is 0.889. The third-order valence-corrected chi connectivity index (χ3v) is 5.52. The molecule has 1 fully saturated rings. The average Bonchev–Trinajstić information content (AvgIpc) is 3.05. The van der Waals surface area contributed by atoms with Crippen LogP contribution in [0.25, 0.3) is 5.65 Å². The Morgan fingerprint density at radius 1 is 1.04 bits per heavy atom. The number of likely N-dealkylation sites (N-methyl/N-ethyl adjacent to an activating group) is 2. The van der Waals surface area contributed by atoms with Gasteiger partial charge < -0.3 is 24.4 Å². The molecule has 2 aromatic rings. The predicted molar refractivity (Wildman–Crippen MR) is 108 cm³/mol. The molecule has 0 radical (unpaired) electrons. The number of fused-ring (bicyclic) bond motifs is 1. The van der Waals surface area contributed by atoms with Crippen molar-refractivity contribution >= 4 is 11.7 Å². The summed E-state index contributed by atoms with van der Waals surface area (Å²) in [6.07, 6.45) is 2.00. The number of amides is 2. The van der Waals surface area contributed by atoms with E-state index in [1.54, 1.807) is 0 Å². The second kappa shape index (κ2) is 9.19. The zero-order valence-electron chi connectivity index (χ0n) is 16.8. The molecular formula is C20H32N6O. The van der Waals surface area contributed by atoms with Crippen LogP contribution in [0.5, 0.6) is 0 Å². The maximum atomic E-state index is 12.9. The number of aromatic nitrogens is 2. The minimum absolute atomic E-state index is 0.00860. The second-order valence-electron chi connectivity index (χ2n) is 7.09. The van der Waals surface area contributed by atoms with Crippen molar-refractivity contribution in [2.24, 2.45) is 0 Å². The maximum Gasteiger partial charge on any atom is 0.317 e. The van der Waals surface area contributed by atoms with Gasteiger partial charge in [0.15, 0.2) is 0 Å². The minimum Gasteiger partial charge on any atom is -0.332 e. The number of imidazole rings is 1. The fourth-order valence-electron chi connectivity index (χ4n) is 3.63. The van der Waals surface area contributed by atoms with Crippen molar-refractivity contribution in [2.45, 2.75) is 27.3 Å². The van der Waals surface area contributed by atoms with Crippen molar-refractivity contribution in [3.05, 3.63) is 35.8 Å². The summed E-state index contributed by atoms with van der Waals surface area (Å²) in [5.41, 5.74) is 2.91. The molecular weight excluding hydrogens is 340 g/mol. The van der Waals surface area contributed by atoms with Gasteiger partial charge in [0.1, 0.15) is 5.65 Å². The van der Waals surface area contributed by atoms with Crippen molar-refractivity contribution in [3.8, 4) is 0 Å².